The second-order valence-electron chi connectivity index (χ2n) is 4.82. The van der Waals surface area contributed by atoms with Crippen molar-refractivity contribution < 1.29 is 8.78 Å². The molecule has 1 heterocycles. The molecule has 1 nitrogen and oxygen atoms in total. The van der Waals surface area contributed by atoms with Gasteiger partial charge in [-0.05, 0) is 49.7 Å². The molecular formula is C16H13F2N. The first-order valence-corrected chi connectivity index (χ1v) is 6.10. The molecule has 0 aliphatic heterocycles. The van der Waals surface area contributed by atoms with Gasteiger partial charge in [0, 0.05) is 16.5 Å². The molecule has 0 unspecified atom stereocenters. The van der Waals surface area contributed by atoms with Crippen LogP contribution >= 0.6 is 0 Å². The maximum absolute atomic E-state index is 14.5. The minimum atomic E-state index is -0.311. The highest BCUT2D eigenvalue weighted by Crippen LogP contribution is 2.31. The van der Waals surface area contributed by atoms with Crippen molar-refractivity contribution in [1.29, 1.82) is 0 Å². The maximum atomic E-state index is 14.5. The Balaban J connectivity index is 2.28. The summed E-state index contributed by atoms with van der Waals surface area (Å²) in [6.45, 7) is 3.70. The summed E-state index contributed by atoms with van der Waals surface area (Å²) in [6.07, 6.45) is 0. The van der Waals surface area contributed by atoms with Crippen molar-refractivity contribution in [2.24, 2.45) is 0 Å². The van der Waals surface area contributed by atoms with Crippen LogP contribution in [-0.4, -0.2) is 4.98 Å². The van der Waals surface area contributed by atoms with Crippen molar-refractivity contribution in [2.45, 2.75) is 13.8 Å². The molecule has 2 aromatic carbocycles. The van der Waals surface area contributed by atoms with Gasteiger partial charge in [-0.15, -0.1) is 0 Å². The van der Waals surface area contributed by atoms with Crippen molar-refractivity contribution in [1.82, 2.24) is 4.98 Å². The van der Waals surface area contributed by atoms with Gasteiger partial charge < -0.3 is 4.98 Å². The zero-order chi connectivity index (χ0) is 13.6. The minimum absolute atomic E-state index is 0.284. The number of H-pyrrole nitrogens is 1. The largest absolute Gasteiger partial charge is 0.352 e. The normalized spacial score (nSPS) is 11.2. The highest BCUT2D eigenvalue weighted by atomic mass is 19.1. The van der Waals surface area contributed by atoms with Crippen molar-refractivity contribution in [3.8, 4) is 11.3 Å². The summed E-state index contributed by atoms with van der Waals surface area (Å²) in [6, 6.07) is 9.95. The van der Waals surface area contributed by atoms with Crippen LogP contribution < -0.4 is 0 Å². The third-order valence-corrected chi connectivity index (χ3v) is 3.35. The van der Waals surface area contributed by atoms with E-state index in [0.717, 1.165) is 11.1 Å². The van der Waals surface area contributed by atoms with Gasteiger partial charge in [0.25, 0.3) is 0 Å². The lowest BCUT2D eigenvalue weighted by Gasteiger charge is -2.03. The van der Waals surface area contributed by atoms with Crippen LogP contribution in [0.1, 0.15) is 11.1 Å². The van der Waals surface area contributed by atoms with Crippen molar-refractivity contribution in [3.63, 3.8) is 0 Å². The lowest BCUT2D eigenvalue weighted by Crippen LogP contribution is -1.87. The fourth-order valence-electron chi connectivity index (χ4n) is 2.37. The Morgan fingerprint density at radius 2 is 1.74 bits per heavy atom. The van der Waals surface area contributed by atoms with E-state index in [1.807, 2.05) is 25.1 Å². The topological polar surface area (TPSA) is 15.8 Å². The molecule has 3 aromatic rings. The van der Waals surface area contributed by atoms with Crippen LogP contribution in [0, 0.1) is 25.5 Å². The molecule has 0 atom stereocenters. The smallest absolute Gasteiger partial charge is 0.156 e. The molecule has 96 valence electrons. The molecule has 0 radical (unpaired) electrons. The summed E-state index contributed by atoms with van der Waals surface area (Å²) in [5.74, 6) is -0.595. The monoisotopic (exact) mass is 257 g/mol. The number of halogens is 2. The van der Waals surface area contributed by atoms with Gasteiger partial charge in [0.15, 0.2) is 5.82 Å². The Bertz CT molecular complexity index is 772. The fourth-order valence-corrected chi connectivity index (χ4v) is 2.37. The Hall–Kier alpha value is -2.16. The van der Waals surface area contributed by atoms with Gasteiger partial charge in [-0.1, -0.05) is 11.6 Å². The molecular weight excluding hydrogens is 244 g/mol. The van der Waals surface area contributed by atoms with E-state index in [1.54, 1.807) is 13.0 Å². The van der Waals surface area contributed by atoms with E-state index >= 15 is 0 Å². The first-order chi connectivity index (χ1) is 9.06. The van der Waals surface area contributed by atoms with Gasteiger partial charge in [0.1, 0.15) is 5.82 Å². The summed E-state index contributed by atoms with van der Waals surface area (Å²) < 4.78 is 27.6. The molecule has 0 spiro atoms. The first-order valence-electron chi connectivity index (χ1n) is 6.10. The highest BCUT2D eigenvalue weighted by molar-refractivity contribution is 5.87. The molecule has 1 N–H and O–H groups in total. The molecule has 0 aliphatic rings. The molecule has 0 bridgehead atoms. The molecule has 0 fully saturated rings. The summed E-state index contributed by atoms with van der Waals surface area (Å²) in [4.78, 5) is 3.07. The van der Waals surface area contributed by atoms with Crippen LogP contribution in [0.15, 0.2) is 36.4 Å². The molecule has 0 saturated carbocycles. The summed E-state index contributed by atoms with van der Waals surface area (Å²) >= 11 is 0. The minimum Gasteiger partial charge on any atom is -0.352 e. The lowest BCUT2D eigenvalue weighted by atomic mass is 10.0. The first kappa shape index (κ1) is 11.9. The standard InChI is InChI=1S/C16H13F2N/c1-9-3-6-14-13(7-9)15(18)16(19-14)12-5-4-11(17)8-10(12)2/h3-8,19H,1-2H3. The van der Waals surface area contributed by atoms with Gasteiger partial charge >= 0.3 is 0 Å². The van der Waals surface area contributed by atoms with Crippen LogP contribution in [0.3, 0.4) is 0 Å². The third kappa shape index (κ3) is 1.91. The van der Waals surface area contributed by atoms with E-state index < -0.39 is 0 Å². The number of aromatic nitrogens is 1. The second-order valence-corrected chi connectivity index (χ2v) is 4.82. The predicted molar refractivity (Wildman–Crippen MR) is 73.1 cm³/mol. The molecule has 3 heteroatoms. The molecule has 0 saturated heterocycles. The zero-order valence-electron chi connectivity index (χ0n) is 10.7. The number of hydrogen-bond acceptors (Lipinski definition) is 0. The highest BCUT2D eigenvalue weighted by Gasteiger charge is 2.14. The van der Waals surface area contributed by atoms with E-state index in [0.29, 0.717) is 22.2 Å². The maximum Gasteiger partial charge on any atom is 0.156 e. The number of aryl methyl sites for hydroxylation is 2. The summed E-state index contributed by atoms with van der Waals surface area (Å²) in [5.41, 5.74) is 3.57. The number of hydrogen-bond donors (Lipinski definition) is 1. The zero-order valence-corrected chi connectivity index (χ0v) is 10.7. The number of aromatic amines is 1. The van der Waals surface area contributed by atoms with Crippen LogP contribution in [0.25, 0.3) is 22.2 Å². The van der Waals surface area contributed by atoms with Crippen molar-refractivity contribution in [3.05, 3.63) is 59.2 Å². The van der Waals surface area contributed by atoms with E-state index in [4.69, 9.17) is 0 Å². The fraction of sp³-hybridized carbons (Fsp3) is 0.125. The summed E-state index contributed by atoms with van der Waals surface area (Å²) in [5, 5.41) is 0.568. The number of nitrogens with one attached hydrogen (secondary N) is 1. The molecule has 0 aliphatic carbocycles. The molecule has 19 heavy (non-hydrogen) atoms. The van der Waals surface area contributed by atoms with Crippen LogP contribution in [-0.2, 0) is 0 Å². The van der Waals surface area contributed by atoms with Gasteiger partial charge in [0.05, 0.1) is 5.69 Å². The van der Waals surface area contributed by atoms with Crippen LogP contribution in [0.4, 0.5) is 8.78 Å². The van der Waals surface area contributed by atoms with E-state index in [9.17, 15) is 8.78 Å². The Morgan fingerprint density at radius 3 is 2.47 bits per heavy atom. The van der Waals surface area contributed by atoms with E-state index in [1.165, 1.54) is 12.1 Å². The van der Waals surface area contributed by atoms with E-state index in [2.05, 4.69) is 4.98 Å². The van der Waals surface area contributed by atoms with Crippen LogP contribution in [0.5, 0.6) is 0 Å². The van der Waals surface area contributed by atoms with Crippen molar-refractivity contribution >= 4 is 10.9 Å². The molecule has 0 amide bonds. The van der Waals surface area contributed by atoms with Gasteiger partial charge in [0.2, 0.25) is 0 Å². The summed E-state index contributed by atoms with van der Waals surface area (Å²) in [7, 11) is 0. The average molecular weight is 257 g/mol. The van der Waals surface area contributed by atoms with Gasteiger partial charge in [-0.2, -0.15) is 0 Å². The van der Waals surface area contributed by atoms with Crippen LogP contribution in [0.2, 0.25) is 0 Å². The number of benzene rings is 2. The lowest BCUT2D eigenvalue weighted by molar-refractivity contribution is 0.626. The van der Waals surface area contributed by atoms with E-state index in [-0.39, 0.29) is 11.6 Å². The molecule has 3 rings (SSSR count). The number of rotatable bonds is 1. The Kier molecular flexibility index (Phi) is 2.63. The average Bonchev–Trinajstić information content (AvgIpc) is 2.67. The Labute approximate surface area is 109 Å². The predicted octanol–water partition coefficient (Wildman–Crippen LogP) is 4.73. The molecule has 1 aromatic heterocycles. The van der Waals surface area contributed by atoms with Gasteiger partial charge in [-0.25, -0.2) is 8.78 Å². The Morgan fingerprint density at radius 1 is 0.947 bits per heavy atom. The third-order valence-electron chi connectivity index (χ3n) is 3.35. The quantitative estimate of drug-likeness (QED) is 0.648. The van der Waals surface area contributed by atoms with Gasteiger partial charge in [-0.3, -0.25) is 0 Å². The SMILES string of the molecule is Cc1ccc2[nH]c(-c3ccc(F)cc3C)c(F)c2c1. The second kappa shape index (κ2) is 4.19. The van der Waals surface area contributed by atoms with Crippen molar-refractivity contribution in [2.75, 3.05) is 0 Å². The number of fused-ring (bicyclic) bond motifs is 1.